The summed E-state index contributed by atoms with van der Waals surface area (Å²) in [6.07, 6.45) is 1.88. The Hall–Kier alpha value is -1.93. The fourth-order valence-electron chi connectivity index (χ4n) is 2.43. The third-order valence-corrected chi connectivity index (χ3v) is 4.49. The van der Waals surface area contributed by atoms with Gasteiger partial charge in [0.15, 0.2) is 0 Å². The van der Waals surface area contributed by atoms with Crippen LogP contribution in [-0.2, 0) is 11.3 Å². The van der Waals surface area contributed by atoms with Gasteiger partial charge in [-0.2, -0.15) is 0 Å². The van der Waals surface area contributed by atoms with Gasteiger partial charge in [0.25, 0.3) is 5.56 Å². The van der Waals surface area contributed by atoms with E-state index in [1.807, 2.05) is 5.38 Å². The second-order valence-corrected chi connectivity index (χ2v) is 6.28. The highest BCUT2D eigenvalue weighted by Crippen LogP contribution is 2.14. The Balaban J connectivity index is 1.65. The normalized spacial score (nSPS) is 18.3. The van der Waals surface area contributed by atoms with Crippen molar-refractivity contribution < 1.29 is 9.53 Å². The molecule has 7 nitrogen and oxygen atoms in total. The van der Waals surface area contributed by atoms with Crippen LogP contribution in [-0.4, -0.2) is 47.2 Å². The first kappa shape index (κ1) is 15.0. The van der Waals surface area contributed by atoms with E-state index < -0.39 is 0 Å². The molecule has 0 unspecified atom stereocenters. The van der Waals surface area contributed by atoms with Gasteiger partial charge < -0.3 is 19.9 Å². The van der Waals surface area contributed by atoms with Gasteiger partial charge in [0, 0.05) is 13.7 Å². The van der Waals surface area contributed by atoms with E-state index in [2.05, 4.69) is 15.3 Å². The number of fused-ring (bicyclic) bond motifs is 1. The molecule has 118 valence electrons. The molecular formula is C14H18N4O3S. The number of carbonyl (C=O) groups excluding carboxylic acids is 1. The molecule has 2 aromatic heterocycles. The van der Waals surface area contributed by atoms with Gasteiger partial charge in [-0.3, -0.25) is 4.79 Å². The first-order chi connectivity index (χ1) is 10.6. The third kappa shape index (κ3) is 3.28. The maximum Gasteiger partial charge on any atom is 0.317 e. The van der Waals surface area contributed by atoms with Crippen molar-refractivity contribution in [3.63, 3.8) is 0 Å². The molecule has 1 atom stereocenters. The van der Waals surface area contributed by atoms with Crippen LogP contribution in [0.4, 0.5) is 4.79 Å². The maximum absolute atomic E-state index is 12.2. The van der Waals surface area contributed by atoms with Crippen LogP contribution in [0.25, 0.3) is 10.2 Å². The number of hydrogen-bond donors (Lipinski definition) is 2. The molecule has 8 heteroatoms. The van der Waals surface area contributed by atoms with Gasteiger partial charge in [-0.1, -0.05) is 0 Å². The quantitative estimate of drug-likeness (QED) is 0.892. The van der Waals surface area contributed by atoms with Crippen molar-refractivity contribution in [2.75, 3.05) is 20.3 Å². The van der Waals surface area contributed by atoms with Crippen molar-refractivity contribution in [2.24, 2.45) is 0 Å². The van der Waals surface area contributed by atoms with Crippen molar-refractivity contribution in [1.82, 2.24) is 20.2 Å². The summed E-state index contributed by atoms with van der Waals surface area (Å²) in [5.74, 6) is 0.480. The summed E-state index contributed by atoms with van der Waals surface area (Å²) in [4.78, 5) is 32.7. The van der Waals surface area contributed by atoms with Crippen molar-refractivity contribution in [1.29, 1.82) is 0 Å². The van der Waals surface area contributed by atoms with E-state index in [1.54, 1.807) is 13.1 Å². The van der Waals surface area contributed by atoms with Gasteiger partial charge in [-0.15, -0.1) is 11.3 Å². The smallest absolute Gasteiger partial charge is 0.317 e. The number of hydrogen-bond acceptors (Lipinski definition) is 5. The molecule has 2 aromatic rings. The molecule has 3 rings (SSSR count). The lowest BCUT2D eigenvalue weighted by molar-refractivity contribution is 0.0710. The Bertz CT molecular complexity index is 720. The zero-order valence-corrected chi connectivity index (χ0v) is 13.1. The second kappa shape index (κ2) is 6.45. The molecule has 1 aliphatic heterocycles. The Kier molecular flexibility index (Phi) is 4.39. The summed E-state index contributed by atoms with van der Waals surface area (Å²) in [7, 11) is 1.68. The van der Waals surface area contributed by atoms with Crippen LogP contribution in [0.5, 0.6) is 0 Å². The van der Waals surface area contributed by atoms with Crippen LogP contribution in [0, 0.1) is 0 Å². The number of nitrogens with one attached hydrogen (secondary N) is 2. The van der Waals surface area contributed by atoms with Crippen LogP contribution in [0.2, 0.25) is 0 Å². The molecule has 3 heterocycles. The van der Waals surface area contributed by atoms with Crippen molar-refractivity contribution >= 4 is 27.6 Å². The predicted molar refractivity (Wildman–Crippen MR) is 84.1 cm³/mol. The van der Waals surface area contributed by atoms with Crippen LogP contribution >= 0.6 is 11.3 Å². The van der Waals surface area contributed by atoms with Gasteiger partial charge in [0.05, 0.1) is 24.7 Å². The number of rotatable bonds is 3. The third-order valence-electron chi connectivity index (χ3n) is 3.59. The van der Waals surface area contributed by atoms with Crippen LogP contribution in [0.15, 0.2) is 16.2 Å². The number of H-pyrrole nitrogens is 1. The summed E-state index contributed by atoms with van der Waals surface area (Å²) in [5, 5.41) is 4.76. The lowest BCUT2D eigenvalue weighted by atomic mass is 10.1. The molecular weight excluding hydrogens is 304 g/mol. The molecule has 0 aliphatic carbocycles. The molecule has 0 saturated carbocycles. The fourth-order valence-corrected chi connectivity index (χ4v) is 3.16. The number of thiophene rings is 1. The van der Waals surface area contributed by atoms with Crippen molar-refractivity contribution in [3.8, 4) is 0 Å². The van der Waals surface area contributed by atoms with E-state index in [0.717, 1.165) is 19.4 Å². The van der Waals surface area contributed by atoms with Crippen molar-refractivity contribution in [2.45, 2.75) is 25.4 Å². The number of aromatic amines is 1. The number of ether oxygens (including phenoxy) is 1. The molecule has 1 fully saturated rings. The number of carbonyl (C=O) groups is 1. The van der Waals surface area contributed by atoms with Crippen LogP contribution in [0.3, 0.4) is 0 Å². The Morgan fingerprint density at radius 1 is 1.64 bits per heavy atom. The van der Waals surface area contributed by atoms with E-state index in [1.165, 1.54) is 16.2 Å². The molecule has 0 spiro atoms. The average molecular weight is 322 g/mol. The minimum Gasteiger partial charge on any atom is -0.379 e. The molecule has 0 bridgehead atoms. The SMILES string of the molecule is CN(Cc1nc2ccsc2c(=O)[nH]1)C(=O)N[C@H]1CCCOC1. The Morgan fingerprint density at radius 2 is 2.50 bits per heavy atom. The summed E-state index contributed by atoms with van der Waals surface area (Å²) in [6, 6.07) is 1.66. The minimum atomic E-state index is -0.191. The topological polar surface area (TPSA) is 87.3 Å². The molecule has 0 radical (unpaired) electrons. The highest BCUT2D eigenvalue weighted by molar-refractivity contribution is 7.17. The van der Waals surface area contributed by atoms with Gasteiger partial charge in [0.1, 0.15) is 10.5 Å². The number of aromatic nitrogens is 2. The lowest BCUT2D eigenvalue weighted by Crippen LogP contribution is -2.46. The van der Waals surface area contributed by atoms with E-state index in [-0.39, 0.29) is 24.2 Å². The first-order valence-electron chi connectivity index (χ1n) is 7.19. The maximum atomic E-state index is 12.2. The molecule has 2 N–H and O–H groups in total. The van der Waals surface area contributed by atoms with E-state index in [9.17, 15) is 9.59 Å². The van der Waals surface area contributed by atoms with Gasteiger partial charge in [-0.25, -0.2) is 9.78 Å². The molecule has 2 amide bonds. The highest BCUT2D eigenvalue weighted by atomic mass is 32.1. The monoisotopic (exact) mass is 322 g/mol. The first-order valence-corrected chi connectivity index (χ1v) is 8.07. The van der Waals surface area contributed by atoms with Crippen LogP contribution < -0.4 is 10.9 Å². The van der Waals surface area contributed by atoms with E-state index in [4.69, 9.17) is 4.74 Å². The molecule has 22 heavy (non-hydrogen) atoms. The van der Waals surface area contributed by atoms with Crippen LogP contribution in [0.1, 0.15) is 18.7 Å². The fraction of sp³-hybridized carbons (Fsp3) is 0.500. The van der Waals surface area contributed by atoms with Gasteiger partial charge >= 0.3 is 6.03 Å². The Labute approximate surface area is 131 Å². The summed E-state index contributed by atoms with van der Waals surface area (Å²) in [5.41, 5.74) is 0.503. The summed E-state index contributed by atoms with van der Waals surface area (Å²) < 4.78 is 5.95. The molecule has 0 aromatic carbocycles. The Morgan fingerprint density at radius 3 is 3.27 bits per heavy atom. The zero-order chi connectivity index (χ0) is 15.5. The summed E-state index contributed by atoms with van der Waals surface area (Å²) in [6.45, 7) is 1.56. The zero-order valence-electron chi connectivity index (χ0n) is 12.3. The highest BCUT2D eigenvalue weighted by Gasteiger charge is 2.19. The average Bonchev–Trinajstić information content (AvgIpc) is 2.97. The van der Waals surface area contributed by atoms with E-state index in [0.29, 0.717) is 22.6 Å². The molecule has 1 aliphatic rings. The summed E-state index contributed by atoms with van der Waals surface area (Å²) >= 11 is 1.36. The largest absolute Gasteiger partial charge is 0.379 e. The number of urea groups is 1. The standard InChI is InChI=1S/C14H18N4O3S/c1-18(14(20)15-9-3-2-5-21-8-9)7-11-16-10-4-6-22-12(10)13(19)17-11/h4,6,9H,2-3,5,7-8H2,1H3,(H,15,20)(H,16,17,19)/t9-/m0/s1. The second-order valence-electron chi connectivity index (χ2n) is 5.37. The number of amides is 2. The van der Waals surface area contributed by atoms with Crippen molar-refractivity contribution in [3.05, 3.63) is 27.6 Å². The van der Waals surface area contributed by atoms with E-state index >= 15 is 0 Å². The minimum absolute atomic E-state index is 0.0510. The molecule has 1 saturated heterocycles. The lowest BCUT2D eigenvalue weighted by Gasteiger charge is -2.26. The van der Waals surface area contributed by atoms with Gasteiger partial charge in [-0.05, 0) is 24.3 Å². The predicted octanol–water partition coefficient (Wildman–Crippen LogP) is 1.30. The number of nitrogens with zero attached hydrogens (tertiary/aromatic N) is 2. The van der Waals surface area contributed by atoms with Gasteiger partial charge in [0.2, 0.25) is 0 Å².